The van der Waals surface area contributed by atoms with Crippen LogP contribution in [0.5, 0.6) is 0 Å². The van der Waals surface area contributed by atoms with Gasteiger partial charge in [-0.2, -0.15) is 0 Å². The summed E-state index contributed by atoms with van der Waals surface area (Å²) in [5.74, 6) is 0. The largest absolute Gasteiger partial charge is 0.0988 e. The lowest BCUT2D eigenvalue weighted by Crippen LogP contribution is -1.71. The monoisotopic (exact) mass is 180 g/mol. The van der Waals surface area contributed by atoms with Crippen LogP contribution in [-0.4, -0.2) is 0 Å². The smallest absolute Gasteiger partial charge is 0.0273 e. The van der Waals surface area contributed by atoms with Crippen LogP contribution in [-0.2, 0) is 0 Å². The molecule has 0 aliphatic heterocycles. The molecule has 0 aromatic rings. The summed E-state index contributed by atoms with van der Waals surface area (Å²) in [6.07, 6.45) is 7.58. The van der Waals surface area contributed by atoms with E-state index in [1.54, 1.807) is 0 Å². The standard InChI is InChI=1S/C9H12.2C2H6/c1-3-8-6-5-7-9(8)4-2;2*1-2/h3-4H,1-2,5-7H2;2*1-2H3. The van der Waals surface area contributed by atoms with Gasteiger partial charge in [-0.1, -0.05) is 53.0 Å². The Hall–Kier alpha value is -0.780. The van der Waals surface area contributed by atoms with Gasteiger partial charge in [0.1, 0.15) is 0 Å². The molecule has 0 N–H and O–H groups in total. The summed E-state index contributed by atoms with van der Waals surface area (Å²) in [6.45, 7) is 15.5. The van der Waals surface area contributed by atoms with Crippen LogP contribution in [0.15, 0.2) is 36.5 Å². The molecular formula is C13H24. The summed E-state index contributed by atoms with van der Waals surface area (Å²) < 4.78 is 0. The van der Waals surface area contributed by atoms with Crippen molar-refractivity contribution < 1.29 is 0 Å². The molecule has 0 unspecified atom stereocenters. The molecule has 13 heavy (non-hydrogen) atoms. The van der Waals surface area contributed by atoms with Crippen LogP contribution in [0.1, 0.15) is 47.0 Å². The van der Waals surface area contributed by atoms with Gasteiger partial charge in [-0.05, 0) is 30.4 Å². The summed E-state index contributed by atoms with van der Waals surface area (Å²) in [5.41, 5.74) is 2.79. The highest BCUT2D eigenvalue weighted by Crippen LogP contribution is 2.26. The molecule has 0 fully saturated rings. The zero-order chi connectivity index (χ0) is 10.7. The SMILES string of the molecule is C=CC1=C(C=C)CCC1.CC.CC. The van der Waals surface area contributed by atoms with Gasteiger partial charge in [0.2, 0.25) is 0 Å². The van der Waals surface area contributed by atoms with Gasteiger partial charge in [0.15, 0.2) is 0 Å². The second-order valence-electron chi connectivity index (χ2n) is 2.31. The Balaban J connectivity index is 0. The first-order valence-corrected chi connectivity index (χ1v) is 5.35. The van der Waals surface area contributed by atoms with Gasteiger partial charge in [0.25, 0.3) is 0 Å². The third kappa shape index (κ3) is 5.46. The Labute approximate surface area is 84.1 Å². The molecular weight excluding hydrogens is 156 g/mol. The van der Waals surface area contributed by atoms with E-state index in [9.17, 15) is 0 Å². The quantitative estimate of drug-likeness (QED) is 0.567. The van der Waals surface area contributed by atoms with Gasteiger partial charge in [0, 0.05) is 0 Å². The predicted molar refractivity (Wildman–Crippen MR) is 64.0 cm³/mol. The lowest BCUT2D eigenvalue weighted by atomic mass is 10.1. The summed E-state index contributed by atoms with van der Waals surface area (Å²) in [5, 5.41) is 0. The fourth-order valence-electron chi connectivity index (χ4n) is 1.26. The fraction of sp³-hybridized carbons (Fsp3) is 0.538. The van der Waals surface area contributed by atoms with E-state index < -0.39 is 0 Å². The van der Waals surface area contributed by atoms with Crippen molar-refractivity contribution in [3.05, 3.63) is 36.5 Å². The second kappa shape index (κ2) is 11.2. The van der Waals surface area contributed by atoms with Gasteiger partial charge < -0.3 is 0 Å². The molecule has 0 atom stereocenters. The molecule has 0 nitrogen and oxygen atoms in total. The number of hydrogen-bond acceptors (Lipinski definition) is 0. The molecule has 0 spiro atoms. The molecule has 0 aromatic carbocycles. The van der Waals surface area contributed by atoms with Crippen molar-refractivity contribution >= 4 is 0 Å². The number of rotatable bonds is 2. The van der Waals surface area contributed by atoms with Gasteiger partial charge in [-0.3, -0.25) is 0 Å². The van der Waals surface area contributed by atoms with Crippen molar-refractivity contribution in [1.29, 1.82) is 0 Å². The van der Waals surface area contributed by atoms with E-state index in [-0.39, 0.29) is 0 Å². The Kier molecular flexibility index (Phi) is 12.7. The van der Waals surface area contributed by atoms with E-state index in [1.165, 1.54) is 30.4 Å². The van der Waals surface area contributed by atoms with Gasteiger partial charge in [-0.15, -0.1) is 0 Å². The molecule has 1 aliphatic carbocycles. The first kappa shape index (κ1) is 14.7. The van der Waals surface area contributed by atoms with Crippen molar-refractivity contribution in [3.8, 4) is 0 Å². The zero-order valence-corrected chi connectivity index (χ0v) is 9.69. The van der Waals surface area contributed by atoms with Crippen LogP contribution in [0.2, 0.25) is 0 Å². The molecule has 0 saturated carbocycles. The molecule has 0 bridgehead atoms. The van der Waals surface area contributed by atoms with Gasteiger partial charge in [0.05, 0.1) is 0 Å². The molecule has 0 saturated heterocycles. The Morgan fingerprint density at radius 3 is 1.38 bits per heavy atom. The molecule has 0 amide bonds. The molecule has 1 rings (SSSR count). The fourth-order valence-corrected chi connectivity index (χ4v) is 1.26. The van der Waals surface area contributed by atoms with E-state index in [0.717, 1.165) is 0 Å². The van der Waals surface area contributed by atoms with Crippen LogP contribution in [0, 0.1) is 0 Å². The highest BCUT2D eigenvalue weighted by atomic mass is 14.1. The normalized spacial score (nSPS) is 13.5. The van der Waals surface area contributed by atoms with Crippen LogP contribution < -0.4 is 0 Å². The lowest BCUT2D eigenvalue weighted by molar-refractivity contribution is 0.907. The Morgan fingerprint density at radius 1 is 0.846 bits per heavy atom. The van der Waals surface area contributed by atoms with E-state index in [4.69, 9.17) is 0 Å². The van der Waals surface area contributed by atoms with Gasteiger partial charge in [-0.25, -0.2) is 0 Å². The average molecular weight is 180 g/mol. The van der Waals surface area contributed by atoms with Crippen LogP contribution in [0.25, 0.3) is 0 Å². The zero-order valence-electron chi connectivity index (χ0n) is 9.69. The summed E-state index contributed by atoms with van der Waals surface area (Å²) >= 11 is 0. The minimum absolute atomic E-state index is 1.20. The van der Waals surface area contributed by atoms with Crippen molar-refractivity contribution in [2.24, 2.45) is 0 Å². The molecule has 0 aromatic heterocycles. The summed E-state index contributed by atoms with van der Waals surface area (Å²) in [4.78, 5) is 0. The minimum Gasteiger partial charge on any atom is -0.0988 e. The van der Waals surface area contributed by atoms with Gasteiger partial charge >= 0.3 is 0 Å². The van der Waals surface area contributed by atoms with Crippen molar-refractivity contribution in [3.63, 3.8) is 0 Å². The van der Waals surface area contributed by atoms with E-state index in [0.29, 0.717) is 0 Å². The second-order valence-corrected chi connectivity index (χ2v) is 2.31. The lowest BCUT2D eigenvalue weighted by Gasteiger charge is -1.92. The van der Waals surface area contributed by atoms with E-state index >= 15 is 0 Å². The number of hydrogen-bond donors (Lipinski definition) is 0. The maximum Gasteiger partial charge on any atom is -0.0273 e. The molecule has 1 aliphatic rings. The van der Waals surface area contributed by atoms with Crippen LogP contribution in [0.4, 0.5) is 0 Å². The highest BCUT2D eigenvalue weighted by molar-refractivity contribution is 5.34. The maximum atomic E-state index is 3.74. The van der Waals surface area contributed by atoms with Crippen molar-refractivity contribution in [2.75, 3.05) is 0 Å². The minimum atomic E-state index is 1.20. The van der Waals surface area contributed by atoms with Crippen molar-refractivity contribution in [2.45, 2.75) is 47.0 Å². The van der Waals surface area contributed by atoms with Crippen LogP contribution >= 0.6 is 0 Å². The third-order valence-corrected chi connectivity index (χ3v) is 1.80. The Bertz CT molecular complexity index is 143. The summed E-state index contributed by atoms with van der Waals surface area (Å²) in [7, 11) is 0. The average Bonchev–Trinajstić information content (AvgIpc) is 2.70. The van der Waals surface area contributed by atoms with E-state index in [1.807, 2.05) is 39.8 Å². The Morgan fingerprint density at radius 2 is 1.15 bits per heavy atom. The molecule has 0 radical (unpaired) electrons. The predicted octanol–water partition coefficient (Wildman–Crippen LogP) is 4.89. The highest BCUT2D eigenvalue weighted by Gasteiger charge is 2.07. The first-order chi connectivity index (χ1) is 6.38. The summed E-state index contributed by atoms with van der Waals surface area (Å²) in [6, 6.07) is 0. The van der Waals surface area contributed by atoms with Crippen LogP contribution in [0.3, 0.4) is 0 Å². The number of allylic oxidation sites excluding steroid dienone is 4. The molecule has 0 heterocycles. The molecule has 0 heteroatoms. The maximum absolute atomic E-state index is 3.74. The van der Waals surface area contributed by atoms with E-state index in [2.05, 4.69) is 13.2 Å². The molecule has 76 valence electrons. The van der Waals surface area contributed by atoms with Crippen molar-refractivity contribution in [1.82, 2.24) is 0 Å². The first-order valence-electron chi connectivity index (χ1n) is 5.35. The topological polar surface area (TPSA) is 0 Å². The third-order valence-electron chi connectivity index (χ3n) is 1.80.